The molecule has 5 atom stereocenters. The van der Waals surface area contributed by atoms with Crippen molar-refractivity contribution in [2.24, 2.45) is 0 Å². The van der Waals surface area contributed by atoms with E-state index < -0.39 is 97.5 Å². The van der Waals surface area contributed by atoms with E-state index in [0.29, 0.717) is 25.7 Å². The Balaban J connectivity index is 5.22. The number of carbonyl (C=O) groups is 4. The first-order valence-corrected chi connectivity index (χ1v) is 44.6. The first-order chi connectivity index (χ1) is 48.7. The van der Waals surface area contributed by atoms with E-state index in [4.69, 9.17) is 37.0 Å². The fourth-order valence-electron chi connectivity index (χ4n) is 12.1. The molecule has 2 unspecified atom stereocenters. The molecule has 3 N–H and O–H groups in total. The minimum absolute atomic E-state index is 0.103. The maximum absolute atomic E-state index is 13.1. The van der Waals surface area contributed by atoms with E-state index in [0.717, 1.165) is 109 Å². The van der Waals surface area contributed by atoms with Crippen molar-refractivity contribution in [3.05, 3.63) is 24.3 Å². The van der Waals surface area contributed by atoms with Crippen LogP contribution in [-0.2, 0) is 65.4 Å². The van der Waals surface area contributed by atoms with Crippen LogP contribution < -0.4 is 0 Å². The third-order valence-corrected chi connectivity index (χ3v) is 20.4. The average molecular weight is 1460 g/mol. The standard InChI is InChI=1S/C81H154O17P2/c1-5-9-13-17-21-25-28-31-34-35-36-37-38-39-40-42-45-48-52-56-60-64-68-81(86)98-77(72-92-79(84)66-62-58-54-50-46-44-41-32-29-26-22-18-14-10-6-2)74-96-100(89,90)94-70-75(82)69-93-99(87,88)95-73-76(71-91-78(83)65-61-57-53-49-24-20-16-12-8-4)97-80(85)67-63-59-55-51-47-43-33-30-27-23-19-15-11-7-3/h26,29,32,41,75-77,82H,5-25,27-28,30-31,33-40,42-74H2,1-4H3,(H,87,88)(H,89,90)/b29-26-,41-32-/t75-,76+,77+/m0/s1. The minimum atomic E-state index is -4.97. The summed E-state index contributed by atoms with van der Waals surface area (Å²) in [5.74, 6) is -2.14. The van der Waals surface area contributed by atoms with Crippen LogP contribution in [0.4, 0.5) is 0 Å². The van der Waals surface area contributed by atoms with E-state index in [9.17, 15) is 43.2 Å². The molecule has 0 aliphatic heterocycles. The fraction of sp³-hybridized carbons (Fsp3) is 0.901. The van der Waals surface area contributed by atoms with Gasteiger partial charge < -0.3 is 33.8 Å². The molecule has 0 aromatic carbocycles. The highest BCUT2D eigenvalue weighted by molar-refractivity contribution is 7.47. The van der Waals surface area contributed by atoms with Crippen molar-refractivity contribution in [2.75, 3.05) is 39.6 Å². The Hall–Kier alpha value is -2.46. The Labute approximate surface area is 612 Å². The highest BCUT2D eigenvalue weighted by atomic mass is 31.2. The molecule has 0 heterocycles. The molecule has 0 aliphatic carbocycles. The van der Waals surface area contributed by atoms with Crippen LogP contribution in [0.25, 0.3) is 0 Å². The largest absolute Gasteiger partial charge is 0.472 e. The van der Waals surface area contributed by atoms with Gasteiger partial charge in [-0.1, -0.05) is 360 Å². The molecule has 100 heavy (non-hydrogen) atoms. The Kier molecular flexibility index (Phi) is 73.0. The molecule has 0 aliphatic rings. The number of unbranched alkanes of at least 4 members (excludes halogenated alkanes) is 51. The SMILES string of the molecule is CCCCCC/C=C\C=C/CCCCCCCC(=O)OC[C@H](COP(=O)(O)OC[C@@H](O)COP(=O)(O)OC[C@@H](COC(=O)CCCCCCCCCCC)OC(=O)CCCCCCCCCCCCCCCC)OC(=O)CCCCCCCCCCCCCCCCCCCCCCCC. The highest BCUT2D eigenvalue weighted by Crippen LogP contribution is 2.45. The molecule has 0 amide bonds. The number of phosphoric ester groups is 2. The average Bonchev–Trinajstić information content (AvgIpc) is 0.943. The molecule has 0 aromatic rings. The van der Waals surface area contributed by atoms with Crippen molar-refractivity contribution < 1.29 is 80.2 Å². The van der Waals surface area contributed by atoms with E-state index in [-0.39, 0.29) is 25.7 Å². The third kappa shape index (κ3) is 73.8. The van der Waals surface area contributed by atoms with E-state index >= 15 is 0 Å². The number of hydrogen-bond donors (Lipinski definition) is 3. The predicted molar refractivity (Wildman–Crippen MR) is 409 cm³/mol. The maximum atomic E-state index is 13.1. The lowest BCUT2D eigenvalue weighted by Crippen LogP contribution is -2.30. The molecule has 0 radical (unpaired) electrons. The van der Waals surface area contributed by atoms with Crippen molar-refractivity contribution in [2.45, 2.75) is 431 Å². The maximum Gasteiger partial charge on any atom is 0.472 e. The number of esters is 4. The monoisotopic (exact) mass is 1460 g/mol. The topological polar surface area (TPSA) is 237 Å². The summed E-state index contributed by atoms with van der Waals surface area (Å²) < 4.78 is 68.6. The fourth-order valence-corrected chi connectivity index (χ4v) is 13.7. The summed E-state index contributed by atoms with van der Waals surface area (Å²) in [6.45, 7) is 4.94. The number of allylic oxidation sites excluding steroid dienone is 4. The molecule has 0 saturated carbocycles. The summed E-state index contributed by atoms with van der Waals surface area (Å²) in [4.78, 5) is 72.9. The van der Waals surface area contributed by atoms with Gasteiger partial charge >= 0.3 is 39.5 Å². The number of ether oxygens (including phenoxy) is 4. The van der Waals surface area contributed by atoms with Crippen LogP contribution >= 0.6 is 15.6 Å². The second-order valence-electron chi connectivity index (χ2n) is 28.5. The lowest BCUT2D eigenvalue weighted by molar-refractivity contribution is -0.161. The lowest BCUT2D eigenvalue weighted by Gasteiger charge is -2.21. The molecule has 19 heteroatoms. The van der Waals surface area contributed by atoms with Crippen molar-refractivity contribution in [3.8, 4) is 0 Å². The van der Waals surface area contributed by atoms with Gasteiger partial charge in [-0.15, -0.1) is 0 Å². The molecular formula is C81H154O17P2. The Morgan fingerprint density at radius 2 is 0.480 bits per heavy atom. The number of hydrogen-bond acceptors (Lipinski definition) is 15. The summed E-state index contributed by atoms with van der Waals surface area (Å²) in [7, 11) is -9.93. The number of aliphatic hydroxyl groups is 1. The van der Waals surface area contributed by atoms with Gasteiger partial charge in [0, 0.05) is 25.7 Å². The van der Waals surface area contributed by atoms with Gasteiger partial charge in [0.25, 0.3) is 0 Å². The van der Waals surface area contributed by atoms with Gasteiger partial charge in [0.2, 0.25) is 0 Å². The van der Waals surface area contributed by atoms with E-state index in [1.807, 2.05) is 0 Å². The van der Waals surface area contributed by atoms with Crippen LogP contribution in [0.2, 0.25) is 0 Å². The van der Waals surface area contributed by atoms with Crippen LogP contribution in [0, 0.1) is 0 Å². The Morgan fingerprint density at radius 1 is 0.280 bits per heavy atom. The summed E-state index contributed by atoms with van der Waals surface area (Å²) in [5.41, 5.74) is 0. The minimum Gasteiger partial charge on any atom is -0.462 e. The van der Waals surface area contributed by atoms with Gasteiger partial charge in [0.05, 0.1) is 26.4 Å². The van der Waals surface area contributed by atoms with Crippen LogP contribution in [0.15, 0.2) is 24.3 Å². The zero-order valence-corrected chi connectivity index (χ0v) is 66.5. The second kappa shape index (κ2) is 74.8. The van der Waals surface area contributed by atoms with Crippen LogP contribution in [0.3, 0.4) is 0 Å². The quantitative estimate of drug-likeness (QED) is 0.0169. The molecule has 0 saturated heterocycles. The number of carbonyl (C=O) groups excluding carboxylic acids is 4. The molecular weight excluding hydrogens is 1310 g/mol. The summed E-state index contributed by atoms with van der Waals surface area (Å²) in [6, 6.07) is 0. The van der Waals surface area contributed by atoms with Gasteiger partial charge in [-0.3, -0.25) is 37.3 Å². The number of phosphoric acid groups is 2. The van der Waals surface area contributed by atoms with E-state index in [1.165, 1.54) is 225 Å². The van der Waals surface area contributed by atoms with Gasteiger partial charge in [-0.05, 0) is 51.4 Å². The zero-order valence-electron chi connectivity index (χ0n) is 64.7. The van der Waals surface area contributed by atoms with Gasteiger partial charge in [-0.25, -0.2) is 9.13 Å². The Morgan fingerprint density at radius 3 is 0.730 bits per heavy atom. The Bertz CT molecular complexity index is 1990. The molecule has 0 rings (SSSR count). The zero-order chi connectivity index (χ0) is 73.2. The molecule has 590 valence electrons. The van der Waals surface area contributed by atoms with Crippen molar-refractivity contribution in [1.29, 1.82) is 0 Å². The van der Waals surface area contributed by atoms with Gasteiger partial charge in [0.1, 0.15) is 19.3 Å². The molecule has 17 nitrogen and oxygen atoms in total. The smallest absolute Gasteiger partial charge is 0.462 e. The number of aliphatic hydroxyl groups excluding tert-OH is 1. The summed E-state index contributed by atoms with van der Waals surface area (Å²) >= 11 is 0. The van der Waals surface area contributed by atoms with Gasteiger partial charge in [-0.2, -0.15) is 0 Å². The molecule has 0 fully saturated rings. The first kappa shape index (κ1) is 97.5. The highest BCUT2D eigenvalue weighted by Gasteiger charge is 2.30. The lowest BCUT2D eigenvalue weighted by atomic mass is 10.0. The van der Waals surface area contributed by atoms with Crippen LogP contribution in [0.1, 0.15) is 413 Å². The van der Waals surface area contributed by atoms with Crippen LogP contribution in [0.5, 0.6) is 0 Å². The third-order valence-electron chi connectivity index (χ3n) is 18.5. The summed E-state index contributed by atoms with van der Waals surface area (Å²) in [5, 5.41) is 10.6. The second-order valence-corrected chi connectivity index (χ2v) is 31.4. The van der Waals surface area contributed by atoms with Crippen molar-refractivity contribution in [3.63, 3.8) is 0 Å². The molecule has 0 bridgehead atoms. The van der Waals surface area contributed by atoms with Crippen molar-refractivity contribution >= 4 is 39.5 Å². The predicted octanol–water partition coefficient (Wildman–Crippen LogP) is 24.1. The normalized spacial score (nSPS) is 13.9. The number of rotatable bonds is 80. The molecule has 0 spiro atoms. The van der Waals surface area contributed by atoms with E-state index in [2.05, 4.69) is 52.0 Å². The molecule has 0 aromatic heterocycles. The summed E-state index contributed by atoms with van der Waals surface area (Å²) in [6.07, 6.45) is 70.3. The van der Waals surface area contributed by atoms with Crippen LogP contribution in [-0.4, -0.2) is 96.7 Å². The van der Waals surface area contributed by atoms with Gasteiger partial charge in [0.15, 0.2) is 12.2 Å². The van der Waals surface area contributed by atoms with Crippen molar-refractivity contribution in [1.82, 2.24) is 0 Å². The van der Waals surface area contributed by atoms with E-state index in [1.54, 1.807) is 0 Å². The first-order valence-electron chi connectivity index (χ1n) is 41.6.